The van der Waals surface area contributed by atoms with Crippen molar-refractivity contribution in [3.05, 3.63) is 24.0 Å². The van der Waals surface area contributed by atoms with Gasteiger partial charge < -0.3 is 4.74 Å². The van der Waals surface area contributed by atoms with Crippen molar-refractivity contribution < 1.29 is 4.74 Å². The first-order valence-electron chi connectivity index (χ1n) is 3.89. The maximum Gasteiger partial charge on any atom is 0.316 e. The Hall–Kier alpha value is -1.38. The smallest absolute Gasteiger partial charge is 0.316 e. The number of hydrogen-bond donors (Lipinski definition) is 0. The molecule has 64 valence electrons. The van der Waals surface area contributed by atoms with Crippen molar-refractivity contribution in [3.8, 4) is 6.01 Å². The zero-order valence-corrected chi connectivity index (χ0v) is 7.32. The SMILES string of the molecule is CC/C=C/c1cnc(OC)nc1. The van der Waals surface area contributed by atoms with Crippen molar-refractivity contribution in [2.24, 2.45) is 0 Å². The van der Waals surface area contributed by atoms with E-state index in [-0.39, 0.29) is 0 Å². The van der Waals surface area contributed by atoms with E-state index in [1.165, 1.54) is 0 Å². The van der Waals surface area contributed by atoms with Gasteiger partial charge in [0, 0.05) is 18.0 Å². The van der Waals surface area contributed by atoms with E-state index in [4.69, 9.17) is 4.74 Å². The predicted octanol–water partition coefficient (Wildman–Crippen LogP) is 1.91. The van der Waals surface area contributed by atoms with Crippen LogP contribution < -0.4 is 4.74 Å². The van der Waals surface area contributed by atoms with E-state index < -0.39 is 0 Å². The molecule has 0 bridgehead atoms. The van der Waals surface area contributed by atoms with E-state index in [2.05, 4.69) is 23.0 Å². The van der Waals surface area contributed by atoms with Gasteiger partial charge in [-0.25, -0.2) is 9.97 Å². The lowest BCUT2D eigenvalue weighted by Gasteiger charge is -1.95. The van der Waals surface area contributed by atoms with Crippen LogP contribution in [0.2, 0.25) is 0 Å². The lowest BCUT2D eigenvalue weighted by molar-refractivity contribution is 0.379. The van der Waals surface area contributed by atoms with Gasteiger partial charge in [-0.05, 0) is 6.42 Å². The highest BCUT2D eigenvalue weighted by atomic mass is 16.5. The lowest BCUT2D eigenvalue weighted by Crippen LogP contribution is -1.90. The Balaban J connectivity index is 2.71. The van der Waals surface area contributed by atoms with Gasteiger partial charge in [0.2, 0.25) is 0 Å². The molecule has 0 saturated heterocycles. The lowest BCUT2D eigenvalue weighted by atomic mass is 10.3. The van der Waals surface area contributed by atoms with Crippen LogP contribution in [0.15, 0.2) is 18.5 Å². The van der Waals surface area contributed by atoms with E-state index >= 15 is 0 Å². The molecule has 0 aliphatic rings. The van der Waals surface area contributed by atoms with Crippen molar-refractivity contribution in [1.29, 1.82) is 0 Å². The Morgan fingerprint density at radius 3 is 2.58 bits per heavy atom. The second-order valence-electron chi connectivity index (χ2n) is 2.31. The van der Waals surface area contributed by atoms with Gasteiger partial charge in [-0.1, -0.05) is 19.1 Å². The molecule has 0 aliphatic heterocycles. The molecule has 0 atom stereocenters. The second-order valence-corrected chi connectivity index (χ2v) is 2.31. The summed E-state index contributed by atoms with van der Waals surface area (Å²) in [4.78, 5) is 7.93. The fourth-order valence-corrected chi connectivity index (χ4v) is 0.772. The van der Waals surface area contributed by atoms with Crippen molar-refractivity contribution in [1.82, 2.24) is 9.97 Å². The highest BCUT2D eigenvalue weighted by Crippen LogP contribution is 2.03. The monoisotopic (exact) mass is 164 g/mol. The van der Waals surface area contributed by atoms with E-state index in [9.17, 15) is 0 Å². The highest BCUT2D eigenvalue weighted by molar-refractivity contribution is 5.46. The molecule has 3 heteroatoms. The molecule has 0 saturated carbocycles. The summed E-state index contributed by atoms with van der Waals surface area (Å²) in [6.07, 6.45) is 8.53. The van der Waals surface area contributed by atoms with Crippen LogP contribution in [0.1, 0.15) is 18.9 Å². The molecule has 0 amide bonds. The molecule has 1 aromatic heterocycles. The maximum absolute atomic E-state index is 4.83. The van der Waals surface area contributed by atoms with Crippen LogP contribution in [0.25, 0.3) is 6.08 Å². The van der Waals surface area contributed by atoms with E-state index in [0.29, 0.717) is 6.01 Å². The van der Waals surface area contributed by atoms with Gasteiger partial charge >= 0.3 is 6.01 Å². The quantitative estimate of drug-likeness (QED) is 0.684. The number of methoxy groups -OCH3 is 1. The molecule has 0 spiro atoms. The van der Waals surface area contributed by atoms with Crippen LogP contribution in [0, 0.1) is 0 Å². The Labute approximate surface area is 72.1 Å². The maximum atomic E-state index is 4.83. The van der Waals surface area contributed by atoms with Crippen LogP contribution in [0.5, 0.6) is 6.01 Å². The van der Waals surface area contributed by atoms with Gasteiger partial charge in [-0.15, -0.1) is 0 Å². The first-order chi connectivity index (χ1) is 5.86. The summed E-state index contributed by atoms with van der Waals surface area (Å²) in [5, 5.41) is 0. The third kappa shape index (κ3) is 2.34. The van der Waals surface area contributed by atoms with Crippen molar-refractivity contribution in [2.75, 3.05) is 7.11 Å². The molecule has 0 aromatic carbocycles. The molecule has 1 aromatic rings. The largest absolute Gasteiger partial charge is 0.467 e. The van der Waals surface area contributed by atoms with Crippen molar-refractivity contribution in [3.63, 3.8) is 0 Å². The zero-order chi connectivity index (χ0) is 8.81. The summed E-state index contributed by atoms with van der Waals surface area (Å²) in [5.74, 6) is 0. The molecule has 12 heavy (non-hydrogen) atoms. The Morgan fingerprint density at radius 1 is 1.42 bits per heavy atom. The van der Waals surface area contributed by atoms with Crippen LogP contribution in [0.4, 0.5) is 0 Å². The molecule has 1 rings (SSSR count). The Bertz CT molecular complexity index is 254. The summed E-state index contributed by atoms with van der Waals surface area (Å²) in [6.45, 7) is 2.08. The number of ether oxygens (including phenoxy) is 1. The van der Waals surface area contributed by atoms with E-state index in [0.717, 1.165) is 12.0 Å². The molecule has 1 heterocycles. The Kier molecular flexibility index (Phi) is 3.26. The second kappa shape index (κ2) is 4.49. The minimum atomic E-state index is 0.406. The molecule has 0 radical (unpaired) electrons. The van der Waals surface area contributed by atoms with Gasteiger partial charge in [0.05, 0.1) is 7.11 Å². The number of aromatic nitrogens is 2. The van der Waals surface area contributed by atoms with Crippen molar-refractivity contribution >= 4 is 6.08 Å². The molecule has 3 nitrogen and oxygen atoms in total. The van der Waals surface area contributed by atoms with Gasteiger partial charge in [0.25, 0.3) is 0 Å². The summed E-state index contributed by atoms with van der Waals surface area (Å²) in [7, 11) is 1.55. The topological polar surface area (TPSA) is 35.0 Å². The summed E-state index contributed by atoms with van der Waals surface area (Å²) in [5.41, 5.74) is 0.998. The van der Waals surface area contributed by atoms with E-state index in [1.807, 2.05) is 6.08 Å². The molecule has 0 fully saturated rings. The number of nitrogens with zero attached hydrogens (tertiary/aromatic N) is 2. The molecule has 0 aliphatic carbocycles. The van der Waals surface area contributed by atoms with Gasteiger partial charge in [0.15, 0.2) is 0 Å². The van der Waals surface area contributed by atoms with Gasteiger partial charge in [-0.2, -0.15) is 0 Å². The summed E-state index contributed by atoms with van der Waals surface area (Å²) < 4.78 is 4.83. The zero-order valence-electron chi connectivity index (χ0n) is 7.32. The number of rotatable bonds is 3. The highest BCUT2D eigenvalue weighted by Gasteiger charge is 1.91. The fourth-order valence-electron chi connectivity index (χ4n) is 0.772. The fraction of sp³-hybridized carbons (Fsp3) is 0.333. The third-order valence-corrected chi connectivity index (χ3v) is 1.38. The van der Waals surface area contributed by atoms with Crippen LogP contribution in [-0.4, -0.2) is 17.1 Å². The summed E-state index contributed by atoms with van der Waals surface area (Å²) in [6, 6.07) is 0.406. The average molecular weight is 164 g/mol. The van der Waals surface area contributed by atoms with Crippen LogP contribution in [-0.2, 0) is 0 Å². The number of allylic oxidation sites excluding steroid dienone is 1. The van der Waals surface area contributed by atoms with Crippen LogP contribution in [0.3, 0.4) is 0 Å². The first kappa shape index (κ1) is 8.71. The standard InChI is InChI=1S/C9H12N2O/c1-3-4-5-8-6-10-9(12-2)11-7-8/h4-7H,3H2,1-2H3/b5-4+. The minimum absolute atomic E-state index is 0.406. The van der Waals surface area contributed by atoms with Gasteiger partial charge in [0.1, 0.15) is 0 Å². The van der Waals surface area contributed by atoms with Gasteiger partial charge in [-0.3, -0.25) is 0 Å². The number of hydrogen-bond acceptors (Lipinski definition) is 3. The van der Waals surface area contributed by atoms with Crippen LogP contribution >= 0.6 is 0 Å². The Morgan fingerprint density at radius 2 is 2.08 bits per heavy atom. The summed E-state index contributed by atoms with van der Waals surface area (Å²) >= 11 is 0. The molecule has 0 unspecified atom stereocenters. The first-order valence-corrected chi connectivity index (χ1v) is 3.89. The normalized spacial score (nSPS) is 10.5. The van der Waals surface area contributed by atoms with Crippen molar-refractivity contribution in [2.45, 2.75) is 13.3 Å². The van der Waals surface area contributed by atoms with E-state index in [1.54, 1.807) is 19.5 Å². The average Bonchev–Trinajstić information content (AvgIpc) is 2.15. The third-order valence-electron chi connectivity index (χ3n) is 1.38. The molecular formula is C9H12N2O. The minimum Gasteiger partial charge on any atom is -0.467 e. The molecule has 0 N–H and O–H groups in total. The molecular weight excluding hydrogens is 152 g/mol. The predicted molar refractivity (Wildman–Crippen MR) is 47.9 cm³/mol.